The molecule has 2 atom stereocenters. The van der Waals surface area contributed by atoms with E-state index in [9.17, 15) is 29.3 Å². The number of carbonyl (C=O) groups is 4. The Hall–Kier alpha value is -3.74. The van der Waals surface area contributed by atoms with E-state index in [-0.39, 0.29) is 12.3 Å². The fourth-order valence-corrected chi connectivity index (χ4v) is 2.50. The van der Waals surface area contributed by atoms with Gasteiger partial charge >= 0.3 is 12.1 Å². The third kappa shape index (κ3) is 6.37. The van der Waals surface area contributed by atoms with Gasteiger partial charge in [0.25, 0.3) is 11.6 Å². The number of amides is 3. The van der Waals surface area contributed by atoms with Crippen LogP contribution < -0.4 is 11.1 Å². The standard InChI is InChI=1S/C18H22N4O9/c1-18(2,3)31-17(26)20-13-14(15(19)24)21(16(13)25)30-9-12(23)29-8-10-4-6-11(7-5-10)22(27)28/h4-7,13-14H,8-9H2,1-3H3,(H2,19,24)(H,20,26)/t13-,14-/m0/s1. The third-order valence-electron chi connectivity index (χ3n) is 3.88. The van der Waals surface area contributed by atoms with E-state index in [1.54, 1.807) is 20.8 Å². The smallest absolute Gasteiger partial charge is 0.408 e. The number of nitrogens with two attached hydrogens (primary N) is 1. The van der Waals surface area contributed by atoms with Gasteiger partial charge in [-0.25, -0.2) is 14.7 Å². The summed E-state index contributed by atoms with van der Waals surface area (Å²) in [4.78, 5) is 62.5. The fraction of sp³-hybridized carbons (Fsp3) is 0.444. The fourth-order valence-electron chi connectivity index (χ4n) is 2.50. The number of rotatable bonds is 8. The molecule has 1 aromatic rings. The molecule has 0 aliphatic carbocycles. The van der Waals surface area contributed by atoms with E-state index in [2.05, 4.69) is 5.32 Å². The lowest BCUT2D eigenvalue weighted by atomic mass is 9.98. The Kier molecular flexibility index (Phi) is 7.12. The number of non-ortho nitro benzene ring substituents is 1. The molecule has 168 valence electrons. The summed E-state index contributed by atoms with van der Waals surface area (Å²) < 4.78 is 9.97. The maximum absolute atomic E-state index is 12.2. The zero-order valence-electron chi connectivity index (χ0n) is 17.0. The van der Waals surface area contributed by atoms with Crippen LogP contribution >= 0.6 is 0 Å². The van der Waals surface area contributed by atoms with Crippen LogP contribution in [-0.2, 0) is 35.3 Å². The molecule has 0 saturated carbocycles. The van der Waals surface area contributed by atoms with E-state index in [4.69, 9.17) is 20.0 Å². The van der Waals surface area contributed by atoms with Gasteiger partial charge in [-0.2, -0.15) is 0 Å². The number of carbonyl (C=O) groups excluding carboxylic acids is 4. The second-order valence-corrected chi connectivity index (χ2v) is 7.49. The van der Waals surface area contributed by atoms with Crippen molar-refractivity contribution in [2.24, 2.45) is 5.73 Å². The number of benzene rings is 1. The van der Waals surface area contributed by atoms with E-state index in [0.29, 0.717) is 10.6 Å². The normalized spacial score (nSPS) is 18.0. The molecule has 0 bridgehead atoms. The summed E-state index contributed by atoms with van der Waals surface area (Å²) in [6, 6.07) is 2.73. The van der Waals surface area contributed by atoms with E-state index in [1.165, 1.54) is 24.3 Å². The lowest BCUT2D eigenvalue weighted by Crippen LogP contribution is -2.74. The highest BCUT2D eigenvalue weighted by molar-refractivity contribution is 6.02. The third-order valence-corrected chi connectivity index (χ3v) is 3.88. The van der Waals surface area contributed by atoms with Crippen molar-refractivity contribution < 1.29 is 38.4 Å². The van der Waals surface area contributed by atoms with Crippen molar-refractivity contribution in [3.63, 3.8) is 0 Å². The Balaban J connectivity index is 1.84. The van der Waals surface area contributed by atoms with Crippen molar-refractivity contribution >= 4 is 29.6 Å². The number of ether oxygens (including phenoxy) is 2. The molecular formula is C18H22N4O9. The summed E-state index contributed by atoms with van der Waals surface area (Å²) >= 11 is 0. The zero-order valence-corrected chi connectivity index (χ0v) is 17.0. The molecule has 2 rings (SSSR count). The van der Waals surface area contributed by atoms with Crippen LogP contribution in [0.2, 0.25) is 0 Å². The summed E-state index contributed by atoms with van der Waals surface area (Å²) in [6.07, 6.45) is -0.917. The molecule has 1 aromatic carbocycles. The molecular weight excluding hydrogens is 416 g/mol. The van der Waals surface area contributed by atoms with Crippen LogP contribution in [0.5, 0.6) is 0 Å². The summed E-state index contributed by atoms with van der Waals surface area (Å²) in [5.74, 6) is -2.62. The Morgan fingerprint density at radius 2 is 1.84 bits per heavy atom. The summed E-state index contributed by atoms with van der Waals surface area (Å²) in [6.45, 7) is 3.98. The Morgan fingerprint density at radius 3 is 2.35 bits per heavy atom. The molecule has 3 amide bonds. The van der Waals surface area contributed by atoms with Gasteiger partial charge in [-0.15, -0.1) is 0 Å². The number of hydrogen-bond acceptors (Lipinski definition) is 9. The minimum Gasteiger partial charge on any atom is -0.459 e. The average Bonchev–Trinajstić information content (AvgIpc) is 2.66. The number of alkyl carbamates (subject to hydrolysis) is 1. The SMILES string of the molecule is CC(C)(C)OC(=O)N[C@@H]1C(=O)N(OCC(=O)OCc2ccc([N+](=O)[O-])cc2)[C@@H]1C(N)=O. The van der Waals surface area contributed by atoms with Crippen molar-refractivity contribution in [1.29, 1.82) is 0 Å². The molecule has 1 saturated heterocycles. The Labute approximate surface area is 176 Å². The van der Waals surface area contributed by atoms with Crippen molar-refractivity contribution in [1.82, 2.24) is 10.4 Å². The molecule has 0 radical (unpaired) electrons. The first-order valence-electron chi connectivity index (χ1n) is 9.03. The molecule has 0 spiro atoms. The molecule has 0 aromatic heterocycles. The van der Waals surface area contributed by atoms with Gasteiger partial charge in [0.05, 0.1) is 4.92 Å². The Bertz CT molecular complexity index is 879. The molecule has 13 heteroatoms. The van der Waals surface area contributed by atoms with E-state index in [1.807, 2.05) is 0 Å². The van der Waals surface area contributed by atoms with Gasteiger partial charge < -0.3 is 20.5 Å². The highest BCUT2D eigenvalue weighted by atomic mass is 16.7. The van der Waals surface area contributed by atoms with E-state index < -0.39 is 53.1 Å². The summed E-state index contributed by atoms with van der Waals surface area (Å²) in [5.41, 5.74) is 4.82. The number of nitrogens with zero attached hydrogens (tertiary/aromatic N) is 2. The van der Waals surface area contributed by atoms with Crippen molar-refractivity contribution in [3.8, 4) is 0 Å². The first-order chi connectivity index (χ1) is 14.4. The number of hydrogen-bond donors (Lipinski definition) is 2. The second-order valence-electron chi connectivity index (χ2n) is 7.49. The number of esters is 1. The number of β-lactam (4-membered cyclic amide) rings is 1. The minimum atomic E-state index is -1.33. The molecule has 3 N–H and O–H groups in total. The Morgan fingerprint density at radius 1 is 1.23 bits per heavy atom. The predicted octanol–water partition coefficient (Wildman–Crippen LogP) is 0.159. The van der Waals surface area contributed by atoms with Gasteiger partial charge in [-0.05, 0) is 38.5 Å². The van der Waals surface area contributed by atoms with E-state index >= 15 is 0 Å². The van der Waals surface area contributed by atoms with Crippen LogP contribution in [0, 0.1) is 10.1 Å². The first-order valence-corrected chi connectivity index (χ1v) is 9.03. The molecule has 1 fully saturated rings. The van der Waals surface area contributed by atoms with Crippen LogP contribution in [0.4, 0.5) is 10.5 Å². The quantitative estimate of drug-likeness (QED) is 0.247. The maximum Gasteiger partial charge on any atom is 0.408 e. The van der Waals surface area contributed by atoms with Crippen molar-refractivity contribution in [2.45, 2.75) is 45.1 Å². The number of nitro benzene ring substituents is 1. The minimum absolute atomic E-state index is 0.109. The topological polar surface area (TPSA) is 180 Å². The van der Waals surface area contributed by atoms with Crippen LogP contribution in [0.25, 0.3) is 0 Å². The lowest BCUT2D eigenvalue weighted by molar-refractivity contribution is -0.384. The van der Waals surface area contributed by atoms with Crippen LogP contribution in [-0.4, -0.2) is 58.2 Å². The number of nitro groups is 1. The van der Waals surface area contributed by atoms with Crippen LogP contribution in [0.15, 0.2) is 24.3 Å². The highest BCUT2D eigenvalue weighted by Gasteiger charge is 2.53. The molecule has 0 unspecified atom stereocenters. The van der Waals surface area contributed by atoms with Crippen LogP contribution in [0.1, 0.15) is 26.3 Å². The zero-order chi connectivity index (χ0) is 23.3. The largest absolute Gasteiger partial charge is 0.459 e. The molecule has 1 aliphatic rings. The summed E-state index contributed by atoms with van der Waals surface area (Å²) in [7, 11) is 0. The molecule has 13 nitrogen and oxygen atoms in total. The molecule has 1 aliphatic heterocycles. The monoisotopic (exact) mass is 438 g/mol. The number of hydroxylamine groups is 2. The first kappa shape index (κ1) is 23.5. The lowest BCUT2D eigenvalue weighted by Gasteiger charge is -2.43. The summed E-state index contributed by atoms with van der Waals surface area (Å²) in [5, 5.41) is 13.4. The maximum atomic E-state index is 12.2. The second kappa shape index (κ2) is 9.38. The van der Waals surface area contributed by atoms with Gasteiger partial charge in [-0.3, -0.25) is 24.5 Å². The molecule has 1 heterocycles. The van der Waals surface area contributed by atoms with Gasteiger partial charge in [0, 0.05) is 12.1 Å². The van der Waals surface area contributed by atoms with Crippen LogP contribution in [0.3, 0.4) is 0 Å². The highest BCUT2D eigenvalue weighted by Crippen LogP contribution is 2.21. The van der Waals surface area contributed by atoms with Crippen molar-refractivity contribution in [3.05, 3.63) is 39.9 Å². The van der Waals surface area contributed by atoms with Gasteiger partial charge in [0.1, 0.15) is 18.2 Å². The average molecular weight is 438 g/mol. The van der Waals surface area contributed by atoms with Gasteiger partial charge in [-0.1, -0.05) is 0 Å². The molecule has 31 heavy (non-hydrogen) atoms. The van der Waals surface area contributed by atoms with Gasteiger partial charge in [0.2, 0.25) is 5.91 Å². The predicted molar refractivity (Wildman–Crippen MR) is 102 cm³/mol. The number of primary amides is 1. The van der Waals surface area contributed by atoms with Crippen molar-refractivity contribution in [2.75, 3.05) is 6.61 Å². The van der Waals surface area contributed by atoms with Gasteiger partial charge in [0.15, 0.2) is 12.6 Å². The number of nitrogens with one attached hydrogen (secondary N) is 1. The van der Waals surface area contributed by atoms with E-state index in [0.717, 1.165) is 0 Å².